The summed E-state index contributed by atoms with van der Waals surface area (Å²) in [5.41, 5.74) is 2.75. The van der Waals surface area contributed by atoms with Crippen LogP contribution in [0.15, 0.2) is 36.4 Å². The molecule has 1 unspecified atom stereocenters. The number of amides is 1. The fourth-order valence-electron chi connectivity index (χ4n) is 4.73. The minimum Gasteiger partial charge on any atom is -0.353 e. The van der Waals surface area contributed by atoms with Crippen LogP contribution in [0, 0.1) is 0 Å². The molecule has 1 aromatic heterocycles. The predicted molar refractivity (Wildman–Crippen MR) is 149 cm³/mol. The molecule has 1 atom stereocenters. The van der Waals surface area contributed by atoms with Crippen LogP contribution in [0.4, 0.5) is 10.3 Å². The van der Waals surface area contributed by atoms with Crippen LogP contribution >= 0.6 is 11.3 Å². The van der Waals surface area contributed by atoms with Crippen molar-refractivity contribution in [2.75, 3.05) is 10.6 Å². The number of fused-ring (bicyclic) bond motifs is 1. The molecular weight excluding hydrogens is 452 g/mol. The average Bonchev–Trinajstić information content (AvgIpc) is 3.48. The Bertz CT molecular complexity index is 894. The summed E-state index contributed by atoms with van der Waals surface area (Å²) < 4.78 is 0. The van der Waals surface area contributed by atoms with Crippen LogP contribution in [0.3, 0.4) is 0 Å². The fourth-order valence-corrected chi connectivity index (χ4v) is 5.44. The van der Waals surface area contributed by atoms with Crippen molar-refractivity contribution in [3.05, 3.63) is 47.5 Å². The maximum absolute atomic E-state index is 12.3. The lowest BCUT2D eigenvalue weighted by atomic mass is 10.1. The molecule has 0 radical (unpaired) electrons. The van der Waals surface area contributed by atoms with Crippen molar-refractivity contribution in [2.24, 2.45) is 0 Å². The largest absolute Gasteiger partial charge is 0.353 e. The third kappa shape index (κ3) is 10.5. The summed E-state index contributed by atoms with van der Waals surface area (Å²) >= 11 is 1.41. The number of rotatable bonds is 18. The molecule has 5 nitrogen and oxygen atoms in total. The fraction of sp³-hybridized carbons (Fsp3) is 0.621. The minimum atomic E-state index is 0.0385. The van der Waals surface area contributed by atoms with Crippen molar-refractivity contribution in [3.8, 4) is 0 Å². The number of carbonyl (C=O) groups is 1. The van der Waals surface area contributed by atoms with Crippen LogP contribution in [0.5, 0.6) is 0 Å². The quantitative estimate of drug-likeness (QED) is 0.160. The summed E-state index contributed by atoms with van der Waals surface area (Å²) in [7, 11) is 0. The Morgan fingerprint density at radius 1 is 0.914 bits per heavy atom. The molecule has 35 heavy (non-hydrogen) atoms. The van der Waals surface area contributed by atoms with Gasteiger partial charge in [-0.3, -0.25) is 4.79 Å². The second-order valence-corrected chi connectivity index (χ2v) is 10.7. The Morgan fingerprint density at radius 3 is 2.34 bits per heavy atom. The van der Waals surface area contributed by atoms with Gasteiger partial charge in [0.15, 0.2) is 0 Å². The molecule has 1 aliphatic rings. The van der Waals surface area contributed by atoms with Crippen LogP contribution in [0.2, 0.25) is 0 Å². The number of aromatic nitrogens is 2. The van der Waals surface area contributed by atoms with Gasteiger partial charge in [0.2, 0.25) is 16.2 Å². The van der Waals surface area contributed by atoms with Crippen molar-refractivity contribution in [3.63, 3.8) is 0 Å². The molecule has 0 fully saturated rings. The van der Waals surface area contributed by atoms with Gasteiger partial charge in [0, 0.05) is 6.42 Å². The predicted octanol–water partition coefficient (Wildman–Crippen LogP) is 8.61. The first-order chi connectivity index (χ1) is 17.3. The molecule has 0 aliphatic heterocycles. The standard InChI is InChI=1S/C29H44N4OS/c1-2-3-4-5-6-7-8-9-10-11-12-13-14-15-16-21-27(34)31-29-33-32-28(35-29)30-26-23-22-24-19-17-18-20-25(24)26/h9-10,17-20,26H,2-8,11-16,21-23H2,1H3,(H,30,32)(H,31,33,34)/b10-9+. The van der Waals surface area contributed by atoms with E-state index in [1.54, 1.807) is 0 Å². The van der Waals surface area contributed by atoms with E-state index in [9.17, 15) is 4.79 Å². The second kappa shape index (κ2) is 16.5. The van der Waals surface area contributed by atoms with Crippen molar-refractivity contribution in [1.29, 1.82) is 0 Å². The van der Waals surface area contributed by atoms with Crippen LogP contribution in [-0.4, -0.2) is 16.1 Å². The van der Waals surface area contributed by atoms with Gasteiger partial charge in [-0.1, -0.05) is 106 Å². The second-order valence-electron chi connectivity index (χ2n) is 9.73. The first-order valence-electron chi connectivity index (χ1n) is 13.9. The highest BCUT2D eigenvalue weighted by Crippen LogP contribution is 2.34. The van der Waals surface area contributed by atoms with Crippen LogP contribution in [0.1, 0.15) is 120 Å². The maximum atomic E-state index is 12.3. The van der Waals surface area contributed by atoms with E-state index in [-0.39, 0.29) is 11.9 Å². The summed E-state index contributed by atoms with van der Waals surface area (Å²) in [4.78, 5) is 12.3. The minimum absolute atomic E-state index is 0.0385. The third-order valence-electron chi connectivity index (χ3n) is 6.77. The number of allylic oxidation sites excluding steroid dienone is 2. The molecule has 6 heteroatoms. The maximum Gasteiger partial charge on any atom is 0.226 e. The van der Waals surface area contributed by atoms with Crippen molar-refractivity contribution < 1.29 is 4.79 Å². The number of benzene rings is 1. The molecule has 2 N–H and O–H groups in total. The Kier molecular flexibility index (Phi) is 12.9. The molecule has 0 bridgehead atoms. The van der Waals surface area contributed by atoms with E-state index in [4.69, 9.17) is 0 Å². The van der Waals surface area contributed by atoms with Gasteiger partial charge in [-0.2, -0.15) is 0 Å². The number of nitrogens with zero attached hydrogens (tertiary/aromatic N) is 2. The topological polar surface area (TPSA) is 66.9 Å². The van der Waals surface area contributed by atoms with Gasteiger partial charge in [-0.15, -0.1) is 10.2 Å². The Hall–Kier alpha value is -2.21. The molecule has 1 aromatic carbocycles. The molecule has 2 aromatic rings. The van der Waals surface area contributed by atoms with E-state index in [1.807, 2.05) is 0 Å². The number of carbonyl (C=O) groups excluding carboxylic acids is 1. The number of hydrogen-bond acceptors (Lipinski definition) is 5. The van der Waals surface area contributed by atoms with E-state index in [0.29, 0.717) is 11.6 Å². The van der Waals surface area contributed by atoms with E-state index in [0.717, 1.165) is 30.8 Å². The van der Waals surface area contributed by atoms with Crippen LogP contribution in [0.25, 0.3) is 0 Å². The zero-order valence-electron chi connectivity index (χ0n) is 21.6. The molecule has 1 aliphatic carbocycles. The molecule has 0 saturated carbocycles. The summed E-state index contributed by atoms with van der Waals surface area (Å²) in [6, 6.07) is 8.82. The lowest BCUT2D eigenvalue weighted by Crippen LogP contribution is -2.10. The van der Waals surface area contributed by atoms with Gasteiger partial charge in [0.1, 0.15) is 0 Å². The number of hydrogen-bond donors (Lipinski definition) is 2. The summed E-state index contributed by atoms with van der Waals surface area (Å²) in [5, 5.41) is 16.1. The zero-order chi connectivity index (χ0) is 24.6. The number of nitrogens with one attached hydrogen (secondary N) is 2. The van der Waals surface area contributed by atoms with Crippen molar-refractivity contribution in [2.45, 2.75) is 116 Å². The van der Waals surface area contributed by atoms with Gasteiger partial charge in [-0.05, 0) is 56.1 Å². The Balaban J connectivity index is 1.17. The first-order valence-corrected chi connectivity index (χ1v) is 14.7. The molecule has 1 amide bonds. The number of anilines is 2. The lowest BCUT2D eigenvalue weighted by Gasteiger charge is -2.12. The molecule has 1 heterocycles. The number of aryl methyl sites for hydroxylation is 1. The van der Waals surface area contributed by atoms with Crippen molar-refractivity contribution in [1.82, 2.24) is 10.2 Å². The third-order valence-corrected chi connectivity index (χ3v) is 7.54. The molecular formula is C29H44N4OS. The first kappa shape index (κ1) is 27.4. The van der Waals surface area contributed by atoms with Gasteiger partial charge < -0.3 is 10.6 Å². The van der Waals surface area contributed by atoms with E-state index in [1.165, 1.54) is 93.1 Å². The highest BCUT2D eigenvalue weighted by atomic mass is 32.1. The van der Waals surface area contributed by atoms with Crippen molar-refractivity contribution >= 4 is 27.5 Å². The molecule has 3 rings (SSSR count). The summed E-state index contributed by atoms with van der Waals surface area (Å²) in [6.45, 7) is 2.27. The SMILES string of the molecule is CCCCCCCC/C=C/CCCCCCCC(=O)Nc1nnc(NC2CCc3ccccc32)s1. The summed E-state index contributed by atoms with van der Waals surface area (Å²) in [5.74, 6) is 0.0385. The van der Waals surface area contributed by atoms with E-state index in [2.05, 4.69) is 64.2 Å². The van der Waals surface area contributed by atoms with Gasteiger partial charge in [0.25, 0.3) is 0 Å². The van der Waals surface area contributed by atoms with E-state index >= 15 is 0 Å². The summed E-state index contributed by atoms with van der Waals surface area (Å²) in [6.07, 6.45) is 23.8. The van der Waals surface area contributed by atoms with Gasteiger partial charge in [-0.25, -0.2) is 0 Å². The molecule has 0 spiro atoms. The Morgan fingerprint density at radius 2 is 1.57 bits per heavy atom. The average molecular weight is 497 g/mol. The Labute approximate surface area is 216 Å². The number of unbranched alkanes of at least 4 members (excludes halogenated alkanes) is 11. The highest BCUT2D eigenvalue weighted by molar-refractivity contribution is 7.19. The van der Waals surface area contributed by atoms with Crippen LogP contribution in [-0.2, 0) is 11.2 Å². The highest BCUT2D eigenvalue weighted by Gasteiger charge is 2.22. The smallest absolute Gasteiger partial charge is 0.226 e. The van der Waals surface area contributed by atoms with Gasteiger partial charge >= 0.3 is 0 Å². The zero-order valence-corrected chi connectivity index (χ0v) is 22.4. The molecule has 0 saturated heterocycles. The van der Waals surface area contributed by atoms with E-state index < -0.39 is 0 Å². The monoisotopic (exact) mass is 496 g/mol. The van der Waals surface area contributed by atoms with Crippen LogP contribution < -0.4 is 10.6 Å². The molecule has 192 valence electrons. The van der Waals surface area contributed by atoms with Gasteiger partial charge in [0.05, 0.1) is 6.04 Å². The lowest BCUT2D eigenvalue weighted by molar-refractivity contribution is -0.116. The normalized spacial score (nSPS) is 14.9.